The third-order valence-electron chi connectivity index (χ3n) is 1.59. The molecule has 13 heavy (non-hydrogen) atoms. The molecule has 0 radical (unpaired) electrons. The zero-order valence-corrected chi connectivity index (χ0v) is 7.16. The number of rotatable bonds is 5. The van der Waals surface area contributed by atoms with E-state index < -0.39 is 36.8 Å². The van der Waals surface area contributed by atoms with Gasteiger partial charge < -0.3 is 25.5 Å². The van der Waals surface area contributed by atoms with E-state index in [0.717, 1.165) is 0 Å². The molecule has 4 unspecified atom stereocenters. The molecule has 0 rings (SSSR count). The lowest BCUT2D eigenvalue weighted by molar-refractivity contribution is -0.148. The van der Waals surface area contributed by atoms with Crippen LogP contribution in [0.4, 0.5) is 0 Å². The van der Waals surface area contributed by atoms with Gasteiger partial charge in [-0.3, -0.25) is 4.79 Å². The van der Waals surface area contributed by atoms with Crippen molar-refractivity contribution < 1.29 is 30.3 Å². The van der Waals surface area contributed by atoms with Crippen molar-refractivity contribution in [3.8, 4) is 0 Å². The first-order valence-electron chi connectivity index (χ1n) is 3.78. The fourth-order valence-corrected chi connectivity index (χ4v) is 0.702. The van der Waals surface area contributed by atoms with Crippen LogP contribution in [-0.4, -0.2) is 62.3 Å². The fraction of sp³-hybridized carbons (Fsp3) is 0.857. The van der Waals surface area contributed by atoms with Crippen molar-refractivity contribution in [2.24, 2.45) is 0 Å². The fourth-order valence-electron chi connectivity index (χ4n) is 0.702. The average molecular weight is 194 g/mol. The SMILES string of the molecule is CC(O)C(O)C(=O)C(O)C(O)CO. The second-order valence-electron chi connectivity index (χ2n) is 2.78. The van der Waals surface area contributed by atoms with Crippen molar-refractivity contribution in [3.63, 3.8) is 0 Å². The highest BCUT2D eigenvalue weighted by Gasteiger charge is 2.31. The lowest BCUT2D eigenvalue weighted by Crippen LogP contribution is -2.45. The second-order valence-corrected chi connectivity index (χ2v) is 2.78. The number of carbonyl (C=O) groups is 1. The highest BCUT2D eigenvalue weighted by Crippen LogP contribution is 2.02. The lowest BCUT2D eigenvalue weighted by Gasteiger charge is -2.19. The lowest BCUT2D eigenvalue weighted by atomic mass is 10.0. The van der Waals surface area contributed by atoms with E-state index >= 15 is 0 Å². The van der Waals surface area contributed by atoms with E-state index in [9.17, 15) is 4.79 Å². The van der Waals surface area contributed by atoms with Gasteiger partial charge in [-0.2, -0.15) is 0 Å². The second kappa shape index (κ2) is 5.25. The highest BCUT2D eigenvalue weighted by molar-refractivity contribution is 5.87. The molecule has 6 heteroatoms. The van der Waals surface area contributed by atoms with Gasteiger partial charge in [0.25, 0.3) is 0 Å². The molecule has 0 aromatic rings. The quantitative estimate of drug-likeness (QED) is 0.318. The Balaban J connectivity index is 4.25. The van der Waals surface area contributed by atoms with Gasteiger partial charge in [0.05, 0.1) is 12.7 Å². The van der Waals surface area contributed by atoms with Gasteiger partial charge in [0.1, 0.15) is 18.3 Å². The molecule has 0 heterocycles. The average Bonchev–Trinajstić information content (AvgIpc) is 2.12. The number of carbonyl (C=O) groups excluding carboxylic acids is 1. The molecular formula is C7H14O6. The van der Waals surface area contributed by atoms with Gasteiger partial charge in [-0.1, -0.05) is 0 Å². The Hall–Kier alpha value is -0.530. The van der Waals surface area contributed by atoms with Crippen LogP contribution in [0.5, 0.6) is 0 Å². The Morgan fingerprint density at radius 3 is 1.92 bits per heavy atom. The number of hydrogen-bond acceptors (Lipinski definition) is 6. The van der Waals surface area contributed by atoms with Crippen molar-refractivity contribution >= 4 is 5.78 Å². The zero-order chi connectivity index (χ0) is 10.6. The van der Waals surface area contributed by atoms with Gasteiger partial charge in [0, 0.05) is 0 Å². The van der Waals surface area contributed by atoms with Crippen LogP contribution in [0.3, 0.4) is 0 Å². The molecule has 5 N–H and O–H groups in total. The predicted molar refractivity (Wildman–Crippen MR) is 41.8 cm³/mol. The summed E-state index contributed by atoms with van der Waals surface area (Å²) in [7, 11) is 0. The van der Waals surface area contributed by atoms with Crippen LogP contribution < -0.4 is 0 Å². The molecule has 0 saturated carbocycles. The number of hydrogen-bond donors (Lipinski definition) is 5. The van der Waals surface area contributed by atoms with Gasteiger partial charge in [-0.25, -0.2) is 0 Å². The Bertz CT molecular complexity index is 168. The molecule has 0 aromatic carbocycles. The van der Waals surface area contributed by atoms with E-state index in [1.54, 1.807) is 0 Å². The summed E-state index contributed by atoms with van der Waals surface area (Å²) < 4.78 is 0. The van der Waals surface area contributed by atoms with Gasteiger partial charge in [0.15, 0.2) is 5.78 Å². The minimum absolute atomic E-state index is 0.792. The summed E-state index contributed by atoms with van der Waals surface area (Å²) in [4.78, 5) is 11.0. The van der Waals surface area contributed by atoms with Crippen molar-refractivity contribution in [2.75, 3.05) is 6.61 Å². The summed E-state index contributed by atoms with van der Waals surface area (Å²) in [6, 6.07) is 0. The largest absolute Gasteiger partial charge is 0.394 e. The molecular weight excluding hydrogens is 180 g/mol. The minimum atomic E-state index is -1.88. The van der Waals surface area contributed by atoms with E-state index in [1.807, 2.05) is 0 Å². The standard InChI is InChI=1S/C7H14O6/c1-3(9)5(11)7(13)6(12)4(10)2-8/h3-6,8-12H,2H2,1H3. The molecule has 0 spiro atoms. The number of Topliss-reactive ketones (excluding diaryl/α,β-unsaturated/α-hetero) is 1. The maximum absolute atomic E-state index is 11.0. The molecule has 6 nitrogen and oxygen atoms in total. The summed E-state index contributed by atoms with van der Waals surface area (Å²) >= 11 is 0. The van der Waals surface area contributed by atoms with Gasteiger partial charge >= 0.3 is 0 Å². The molecule has 0 fully saturated rings. The molecule has 0 aromatic heterocycles. The van der Waals surface area contributed by atoms with Crippen molar-refractivity contribution in [1.29, 1.82) is 0 Å². The predicted octanol–water partition coefficient (Wildman–Crippen LogP) is -2.99. The van der Waals surface area contributed by atoms with Gasteiger partial charge in [-0.15, -0.1) is 0 Å². The maximum atomic E-state index is 11.0. The first-order chi connectivity index (χ1) is 5.91. The number of ketones is 1. The van der Waals surface area contributed by atoms with Crippen LogP contribution in [0.15, 0.2) is 0 Å². The van der Waals surface area contributed by atoms with Crippen molar-refractivity contribution in [3.05, 3.63) is 0 Å². The van der Waals surface area contributed by atoms with Crippen LogP contribution in [0.1, 0.15) is 6.92 Å². The molecule has 0 bridgehead atoms. The third-order valence-corrected chi connectivity index (χ3v) is 1.59. The third kappa shape index (κ3) is 3.37. The monoisotopic (exact) mass is 194 g/mol. The summed E-state index contributed by atoms with van der Waals surface area (Å²) in [5.74, 6) is -1.11. The molecule has 0 amide bonds. The van der Waals surface area contributed by atoms with Crippen LogP contribution in [0.25, 0.3) is 0 Å². The van der Waals surface area contributed by atoms with Crippen LogP contribution in [-0.2, 0) is 4.79 Å². The summed E-state index contributed by atoms with van der Waals surface area (Å²) in [6.07, 6.45) is -6.60. The molecule has 78 valence electrons. The van der Waals surface area contributed by atoms with Crippen molar-refractivity contribution in [2.45, 2.75) is 31.3 Å². The van der Waals surface area contributed by atoms with Gasteiger partial charge in [0.2, 0.25) is 0 Å². The Morgan fingerprint density at radius 2 is 1.62 bits per heavy atom. The van der Waals surface area contributed by atoms with Crippen LogP contribution >= 0.6 is 0 Å². The summed E-state index contributed by atoms with van der Waals surface area (Å²) in [5.41, 5.74) is 0. The molecule has 0 aliphatic carbocycles. The number of aliphatic hydroxyl groups is 5. The van der Waals surface area contributed by atoms with E-state index in [1.165, 1.54) is 6.92 Å². The molecule has 0 aliphatic rings. The van der Waals surface area contributed by atoms with Crippen LogP contribution in [0, 0.1) is 0 Å². The topological polar surface area (TPSA) is 118 Å². The van der Waals surface area contributed by atoms with Crippen molar-refractivity contribution in [1.82, 2.24) is 0 Å². The van der Waals surface area contributed by atoms with Crippen LogP contribution in [0.2, 0.25) is 0 Å². The maximum Gasteiger partial charge on any atom is 0.194 e. The smallest absolute Gasteiger partial charge is 0.194 e. The highest BCUT2D eigenvalue weighted by atomic mass is 16.4. The first kappa shape index (κ1) is 12.5. The van der Waals surface area contributed by atoms with E-state index in [0.29, 0.717) is 0 Å². The Labute approximate surface area is 75.1 Å². The van der Waals surface area contributed by atoms with E-state index in [-0.39, 0.29) is 0 Å². The minimum Gasteiger partial charge on any atom is -0.394 e. The molecule has 4 atom stereocenters. The van der Waals surface area contributed by atoms with E-state index in [4.69, 9.17) is 25.5 Å². The Morgan fingerprint density at radius 1 is 1.15 bits per heavy atom. The van der Waals surface area contributed by atoms with E-state index in [2.05, 4.69) is 0 Å². The van der Waals surface area contributed by atoms with Gasteiger partial charge in [-0.05, 0) is 6.92 Å². The summed E-state index contributed by atoms with van der Waals surface area (Å²) in [6.45, 7) is 0.375. The molecule has 0 aliphatic heterocycles. The molecule has 0 saturated heterocycles. The normalized spacial score (nSPS) is 20.5. The zero-order valence-electron chi connectivity index (χ0n) is 7.16. The summed E-state index contributed by atoms with van der Waals surface area (Å²) in [5, 5.41) is 43.9. The first-order valence-corrected chi connectivity index (χ1v) is 3.78. The number of aliphatic hydroxyl groups excluding tert-OH is 5. The Kier molecular flexibility index (Phi) is 5.04.